The van der Waals surface area contributed by atoms with Gasteiger partial charge in [0.1, 0.15) is 5.82 Å². The molecule has 1 saturated carbocycles. The molecule has 1 aromatic rings. The van der Waals surface area contributed by atoms with Gasteiger partial charge in [0, 0.05) is 24.3 Å². The van der Waals surface area contributed by atoms with Gasteiger partial charge in [-0.2, -0.15) is 0 Å². The highest BCUT2D eigenvalue weighted by Crippen LogP contribution is 2.34. The standard InChI is InChI=1S/C15H23N3O/c1-11(16-2)12-5-4-8-17-15(12)18-9-10-19-14-7-3-6-13(14)18/h4-5,8,11,13-14,16H,3,6-7,9-10H2,1-2H3. The lowest BCUT2D eigenvalue weighted by molar-refractivity contribution is 0.0252. The van der Waals surface area contributed by atoms with Gasteiger partial charge in [0.15, 0.2) is 0 Å². The number of morpholine rings is 1. The first-order valence-corrected chi connectivity index (χ1v) is 7.31. The van der Waals surface area contributed by atoms with Gasteiger partial charge in [-0.25, -0.2) is 4.98 Å². The van der Waals surface area contributed by atoms with Crippen LogP contribution in [0.2, 0.25) is 0 Å². The van der Waals surface area contributed by atoms with E-state index >= 15 is 0 Å². The first-order chi connectivity index (χ1) is 9.31. The molecular weight excluding hydrogens is 238 g/mol. The van der Waals surface area contributed by atoms with E-state index in [-0.39, 0.29) is 0 Å². The Bertz CT molecular complexity index is 437. The van der Waals surface area contributed by atoms with Crippen LogP contribution in [0.3, 0.4) is 0 Å². The van der Waals surface area contributed by atoms with E-state index in [0.717, 1.165) is 19.0 Å². The molecule has 1 aromatic heterocycles. The molecule has 4 heteroatoms. The zero-order valence-corrected chi connectivity index (χ0v) is 11.8. The molecule has 0 aromatic carbocycles. The minimum absolute atomic E-state index is 0.325. The molecule has 1 aliphatic carbocycles. The van der Waals surface area contributed by atoms with Crippen molar-refractivity contribution in [3.8, 4) is 0 Å². The van der Waals surface area contributed by atoms with Crippen molar-refractivity contribution in [1.29, 1.82) is 0 Å². The third kappa shape index (κ3) is 2.35. The number of anilines is 1. The van der Waals surface area contributed by atoms with Crippen molar-refractivity contribution >= 4 is 5.82 Å². The molecule has 3 rings (SSSR count). The van der Waals surface area contributed by atoms with Crippen LogP contribution in [0.1, 0.15) is 37.8 Å². The summed E-state index contributed by atoms with van der Waals surface area (Å²) < 4.78 is 5.90. The van der Waals surface area contributed by atoms with E-state index in [1.165, 1.54) is 24.8 Å². The molecule has 104 valence electrons. The molecule has 0 spiro atoms. The summed E-state index contributed by atoms with van der Waals surface area (Å²) in [5.41, 5.74) is 1.29. The average molecular weight is 261 g/mol. The van der Waals surface area contributed by atoms with Crippen molar-refractivity contribution in [2.45, 2.75) is 44.4 Å². The lowest BCUT2D eigenvalue weighted by Gasteiger charge is -2.39. The normalized spacial score (nSPS) is 28.2. The number of hydrogen-bond donors (Lipinski definition) is 1. The van der Waals surface area contributed by atoms with Crippen molar-refractivity contribution in [2.75, 3.05) is 25.1 Å². The minimum Gasteiger partial charge on any atom is -0.374 e. The highest BCUT2D eigenvalue weighted by Gasteiger charge is 2.37. The van der Waals surface area contributed by atoms with E-state index in [2.05, 4.69) is 28.2 Å². The molecular formula is C15H23N3O. The number of ether oxygens (including phenoxy) is 1. The molecule has 1 aliphatic heterocycles. The van der Waals surface area contributed by atoms with Crippen LogP contribution in [0.25, 0.3) is 0 Å². The van der Waals surface area contributed by atoms with Crippen LogP contribution in [0.4, 0.5) is 5.82 Å². The third-order valence-electron chi connectivity index (χ3n) is 4.47. The van der Waals surface area contributed by atoms with Crippen LogP contribution < -0.4 is 10.2 Å². The third-order valence-corrected chi connectivity index (χ3v) is 4.47. The number of hydrogen-bond acceptors (Lipinski definition) is 4. The summed E-state index contributed by atoms with van der Waals surface area (Å²) in [6.45, 7) is 3.97. The van der Waals surface area contributed by atoms with Crippen LogP contribution in [0.15, 0.2) is 18.3 Å². The van der Waals surface area contributed by atoms with Crippen LogP contribution in [-0.2, 0) is 4.74 Å². The summed E-state index contributed by atoms with van der Waals surface area (Å²) in [5.74, 6) is 1.14. The Morgan fingerprint density at radius 2 is 2.37 bits per heavy atom. The quantitative estimate of drug-likeness (QED) is 0.904. The molecule has 0 bridgehead atoms. The summed E-state index contributed by atoms with van der Waals surface area (Å²) in [6, 6.07) is 5.06. The predicted molar refractivity (Wildman–Crippen MR) is 76.4 cm³/mol. The van der Waals surface area contributed by atoms with Crippen molar-refractivity contribution in [3.05, 3.63) is 23.9 Å². The van der Waals surface area contributed by atoms with E-state index in [1.807, 2.05) is 19.3 Å². The number of pyridine rings is 1. The maximum absolute atomic E-state index is 5.90. The highest BCUT2D eigenvalue weighted by molar-refractivity contribution is 5.50. The lowest BCUT2D eigenvalue weighted by Crippen LogP contribution is -2.49. The Morgan fingerprint density at radius 3 is 3.21 bits per heavy atom. The summed E-state index contributed by atoms with van der Waals surface area (Å²) in [4.78, 5) is 7.14. The average Bonchev–Trinajstić information content (AvgIpc) is 2.94. The van der Waals surface area contributed by atoms with Crippen molar-refractivity contribution < 1.29 is 4.74 Å². The van der Waals surface area contributed by atoms with Gasteiger partial charge in [0.2, 0.25) is 0 Å². The first-order valence-electron chi connectivity index (χ1n) is 7.31. The Morgan fingerprint density at radius 1 is 1.47 bits per heavy atom. The number of nitrogens with zero attached hydrogens (tertiary/aromatic N) is 2. The lowest BCUT2D eigenvalue weighted by atomic mass is 10.1. The Hall–Kier alpha value is -1.13. The summed E-state index contributed by atoms with van der Waals surface area (Å²) in [5, 5.41) is 3.32. The van der Waals surface area contributed by atoms with Gasteiger partial charge in [-0.05, 0) is 39.3 Å². The molecule has 19 heavy (non-hydrogen) atoms. The minimum atomic E-state index is 0.325. The Kier molecular flexibility index (Phi) is 3.71. The second kappa shape index (κ2) is 5.47. The fourth-order valence-electron chi connectivity index (χ4n) is 3.33. The van der Waals surface area contributed by atoms with Gasteiger partial charge in [0.25, 0.3) is 0 Å². The summed E-state index contributed by atoms with van der Waals surface area (Å²) >= 11 is 0. The molecule has 0 amide bonds. The Balaban J connectivity index is 1.92. The van der Waals surface area contributed by atoms with Crippen LogP contribution in [0, 0.1) is 0 Å². The van der Waals surface area contributed by atoms with Gasteiger partial charge < -0.3 is 15.0 Å². The summed E-state index contributed by atoms with van der Waals surface area (Å²) in [6.07, 6.45) is 6.02. The van der Waals surface area contributed by atoms with Crippen molar-refractivity contribution in [1.82, 2.24) is 10.3 Å². The molecule has 2 aliphatic rings. The maximum Gasteiger partial charge on any atom is 0.133 e. The molecule has 2 fully saturated rings. The van der Waals surface area contributed by atoms with E-state index in [4.69, 9.17) is 4.74 Å². The van der Waals surface area contributed by atoms with Crippen LogP contribution in [0.5, 0.6) is 0 Å². The zero-order chi connectivity index (χ0) is 13.2. The summed E-state index contributed by atoms with van der Waals surface area (Å²) in [7, 11) is 2.00. The number of fused-ring (bicyclic) bond motifs is 1. The van der Waals surface area contributed by atoms with Gasteiger partial charge in [-0.15, -0.1) is 0 Å². The molecule has 1 N–H and O–H groups in total. The first kappa shape index (κ1) is 12.9. The van der Waals surface area contributed by atoms with Crippen LogP contribution in [-0.4, -0.2) is 37.3 Å². The second-order valence-electron chi connectivity index (χ2n) is 5.53. The van der Waals surface area contributed by atoms with E-state index in [1.54, 1.807) is 0 Å². The fraction of sp³-hybridized carbons (Fsp3) is 0.667. The SMILES string of the molecule is CNC(C)c1cccnc1N1CCOC2CCCC21. The Labute approximate surface area is 115 Å². The van der Waals surface area contributed by atoms with Crippen LogP contribution >= 0.6 is 0 Å². The molecule has 0 radical (unpaired) electrons. The monoisotopic (exact) mass is 261 g/mol. The molecule has 2 heterocycles. The number of aromatic nitrogens is 1. The van der Waals surface area contributed by atoms with E-state index in [0.29, 0.717) is 18.2 Å². The predicted octanol–water partition coefficient (Wildman–Crippen LogP) is 2.12. The largest absolute Gasteiger partial charge is 0.374 e. The molecule has 4 nitrogen and oxygen atoms in total. The van der Waals surface area contributed by atoms with Gasteiger partial charge >= 0.3 is 0 Å². The van der Waals surface area contributed by atoms with Crippen molar-refractivity contribution in [3.63, 3.8) is 0 Å². The van der Waals surface area contributed by atoms with Gasteiger partial charge in [-0.1, -0.05) is 6.07 Å². The highest BCUT2D eigenvalue weighted by atomic mass is 16.5. The topological polar surface area (TPSA) is 37.4 Å². The van der Waals surface area contributed by atoms with Gasteiger partial charge in [-0.3, -0.25) is 0 Å². The maximum atomic E-state index is 5.90. The van der Waals surface area contributed by atoms with E-state index < -0.39 is 0 Å². The van der Waals surface area contributed by atoms with E-state index in [9.17, 15) is 0 Å². The smallest absolute Gasteiger partial charge is 0.133 e. The van der Waals surface area contributed by atoms with Gasteiger partial charge in [0.05, 0.1) is 18.8 Å². The number of nitrogens with one attached hydrogen (secondary N) is 1. The van der Waals surface area contributed by atoms with Crippen molar-refractivity contribution in [2.24, 2.45) is 0 Å². The molecule has 1 saturated heterocycles. The molecule has 3 unspecified atom stereocenters. The fourth-order valence-corrected chi connectivity index (χ4v) is 3.33. The number of rotatable bonds is 3. The second-order valence-corrected chi connectivity index (χ2v) is 5.53. The zero-order valence-electron chi connectivity index (χ0n) is 11.8. The molecule has 3 atom stereocenters.